The number of fused-ring (bicyclic) bond motifs is 1. The van der Waals surface area contributed by atoms with Crippen molar-refractivity contribution in [3.05, 3.63) is 29.3 Å². The highest BCUT2D eigenvalue weighted by Gasteiger charge is 2.24. The first kappa shape index (κ1) is 12.5. The van der Waals surface area contributed by atoms with Gasteiger partial charge in [0.2, 0.25) is 0 Å². The van der Waals surface area contributed by atoms with Gasteiger partial charge in [-0.25, -0.2) is 4.79 Å². The van der Waals surface area contributed by atoms with Gasteiger partial charge >= 0.3 is 5.97 Å². The highest BCUT2D eigenvalue weighted by molar-refractivity contribution is 7.99. The molecule has 0 saturated heterocycles. The molecular weight excluding hydrogens is 236 g/mol. The second-order valence-electron chi connectivity index (χ2n) is 3.93. The lowest BCUT2D eigenvalue weighted by Crippen LogP contribution is -2.18. The molecule has 4 heteroatoms. The summed E-state index contributed by atoms with van der Waals surface area (Å²) in [6, 6.07) is 5.74. The lowest BCUT2D eigenvalue weighted by Gasteiger charge is -2.20. The molecule has 1 aromatic rings. The standard InChI is InChI=1S/C13H16O3S/c1-2-16-13(15)12(14)10-5-3-7-11-9(10)6-4-8-17-11/h3,5,7,12,14H,2,4,6,8H2,1H3. The number of benzene rings is 1. The van der Waals surface area contributed by atoms with E-state index in [1.54, 1.807) is 18.7 Å². The molecule has 0 aliphatic carbocycles. The SMILES string of the molecule is CCOC(=O)C(O)c1cccc2c1CCCS2. The van der Waals surface area contributed by atoms with Gasteiger partial charge in [-0.2, -0.15) is 0 Å². The third kappa shape index (κ3) is 2.64. The van der Waals surface area contributed by atoms with Crippen molar-refractivity contribution in [2.45, 2.75) is 30.8 Å². The summed E-state index contributed by atoms with van der Waals surface area (Å²) < 4.78 is 4.85. The molecule has 1 heterocycles. The monoisotopic (exact) mass is 252 g/mol. The van der Waals surface area contributed by atoms with Gasteiger partial charge in [0.15, 0.2) is 6.10 Å². The van der Waals surface area contributed by atoms with Crippen molar-refractivity contribution in [2.24, 2.45) is 0 Å². The number of aliphatic hydroxyl groups excluding tert-OH is 1. The fourth-order valence-corrected chi connectivity index (χ4v) is 3.10. The average molecular weight is 252 g/mol. The van der Waals surface area contributed by atoms with Crippen LogP contribution in [0.3, 0.4) is 0 Å². The first-order valence-electron chi connectivity index (χ1n) is 5.83. The predicted octanol–water partition coefficient (Wildman–Crippen LogP) is 2.32. The second-order valence-corrected chi connectivity index (χ2v) is 5.07. The van der Waals surface area contributed by atoms with Crippen molar-refractivity contribution in [1.82, 2.24) is 0 Å². The summed E-state index contributed by atoms with van der Waals surface area (Å²) in [6.45, 7) is 2.03. The number of rotatable bonds is 3. The number of hydrogen-bond acceptors (Lipinski definition) is 4. The quantitative estimate of drug-likeness (QED) is 0.839. The van der Waals surface area contributed by atoms with Crippen molar-refractivity contribution in [2.75, 3.05) is 12.4 Å². The molecule has 2 rings (SSSR count). The number of ether oxygens (including phenoxy) is 1. The summed E-state index contributed by atoms with van der Waals surface area (Å²) in [7, 11) is 0. The van der Waals surface area contributed by atoms with Crippen molar-refractivity contribution in [3.8, 4) is 0 Å². The number of esters is 1. The molecule has 17 heavy (non-hydrogen) atoms. The molecule has 1 unspecified atom stereocenters. The molecular formula is C13H16O3S. The summed E-state index contributed by atoms with van der Waals surface area (Å²) in [4.78, 5) is 12.7. The molecule has 1 aliphatic heterocycles. The van der Waals surface area contributed by atoms with E-state index in [4.69, 9.17) is 4.74 Å². The second kappa shape index (κ2) is 5.56. The Hall–Kier alpha value is -1.00. The number of hydrogen-bond donors (Lipinski definition) is 1. The van der Waals surface area contributed by atoms with Gasteiger partial charge in [-0.1, -0.05) is 12.1 Å². The fraction of sp³-hybridized carbons (Fsp3) is 0.462. The third-order valence-electron chi connectivity index (χ3n) is 2.80. The molecule has 0 bridgehead atoms. The van der Waals surface area contributed by atoms with Gasteiger partial charge in [-0.05, 0) is 42.7 Å². The van der Waals surface area contributed by atoms with Crippen LogP contribution in [0.25, 0.3) is 0 Å². The maximum Gasteiger partial charge on any atom is 0.339 e. The zero-order chi connectivity index (χ0) is 12.3. The zero-order valence-electron chi connectivity index (χ0n) is 9.81. The van der Waals surface area contributed by atoms with Crippen LogP contribution in [0, 0.1) is 0 Å². The van der Waals surface area contributed by atoms with Crippen LogP contribution in [-0.2, 0) is 16.0 Å². The maximum absolute atomic E-state index is 11.6. The summed E-state index contributed by atoms with van der Waals surface area (Å²) >= 11 is 1.78. The van der Waals surface area contributed by atoms with Crippen LogP contribution in [0.15, 0.2) is 23.1 Å². The number of carbonyl (C=O) groups excluding carboxylic acids is 1. The molecule has 0 saturated carbocycles. The molecule has 1 N–H and O–H groups in total. The minimum absolute atomic E-state index is 0.291. The van der Waals surface area contributed by atoms with Crippen molar-refractivity contribution < 1.29 is 14.6 Å². The van der Waals surface area contributed by atoms with E-state index >= 15 is 0 Å². The van der Waals surface area contributed by atoms with Crippen LogP contribution >= 0.6 is 11.8 Å². The molecule has 1 atom stereocenters. The molecule has 1 aliphatic rings. The van der Waals surface area contributed by atoms with E-state index in [9.17, 15) is 9.90 Å². The Bertz CT molecular complexity index is 417. The van der Waals surface area contributed by atoms with E-state index in [2.05, 4.69) is 0 Å². The molecule has 1 aromatic carbocycles. The maximum atomic E-state index is 11.6. The van der Waals surface area contributed by atoms with Crippen molar-refractivity contribution >= 4 is 17.7 Å². The largest absolute Gasteiger partial charge is 0.464 e. The highest BCUT2D eigenvalue weighted by atomic mass is 32.2. The number of carbonyl (C=O) groups is 1. The molecule has 0 spiro atoms. The van der Waals surface area contributed by atoms with Crippen LogP contribution in [0.1, 0.15) is 30.6 Å². The lowest BCUT2D eigenvalue weighted by molar-refractivity contribution is -0.153. The van der Waals surface area contributed by atoms with Gasteiger partial charge in [0.05, 0.1) is 6.61 Å². The van der Waals surface area contributed by atoms with E-state index in [1.165, 1.54) is 4.90 Å². The highest BCUT2D eigenvalue weighted by Crippen LogP contribution is 2.34. The van der Waals surface area contributed by atoms with Crippen molar-refractivity contribution in [1.29, 1.82) is 0 Å². The van der Waals surface area contributed by atoms with Gasteiger partial charge < -0.3 is 9.84 Å². The summed E-state index contributed by atoms with van der Waals surface area (Å²) in [6.07, 6.45) is 0.864. The van der Waals surface area contributed by atoms with Crippen LogP contribution in [0.4, 0.5) is 0 Å². The number of aliphatic hydroxyl groups is 1. The Morgan fingerprint density at radius 1 is 1.59 bits per heavy atom. The zero-order valence-corrected chi connectivity index (χ0v) is 10.6. The van der Waals surface area contributed by atoms with Gasteiger partial charge in [-0.3, -0.25) is 0 Å². The van der Waals surface area contributed by atoms with Crippen LogP contribution in [0.5, 0.6) is 0 Å². The van der Waals surface area contributed by atoms with Crippen LogP contribution < -0.4 is 0 Å². The lowest BCUT2D eigenvalue weighted by atomic mass is 9.98. The molecule has 0 amide bonds. The molecule has 92 valence electrons. The molecule has 0 fully saturated rings. The number of thioether (sulfide) groups is 1. The minimum atomic E-state index is -1.15. The van der Waals surface area contributed by atoms with Crippen LogP contribution in [-0.4, -0.2) is 23.4 Å². The van der Waals surface area contributed by atoms with Gasteiger partial charge in [-0.15, -0.1) is 11.8 Å². The fourth-order valence-electron chi connectivity index (χ4n) is 2.02. The topological polar surface area (TPSA) is 46.5 Å². The first-order valence-corrected chi connectivity index (χ1v) is 6.82. The Kier molecular flexibility index (Phi) is 4.07. The van der Waals surface area contributed by atoms with Gasteiger partial charge in [0.1, 0.15) is 0 Å². The van der Waals surface area contributed by atoms with Gasteiger partial charge in [0.25, 0.3) is 0 Å². The minimum Gasteiger partial charge on any atom is -0.464 e. The van der Waals surface area contributed by atoms with Gasteiger partial charge in [0, 0.05) is 4.90 Å². The Balaban J connectivity index is 2.28. The first-order chi connectivity index (χ1) is 8.24. The average Bonchev–Trinajstić information content (AvgIpc) is 2.37. The third-order valence-corrected chi connectivity index (χ3v) is 3.99. The van der Waals surface area contributed by atoms with E-state index in [1.807, 2.05) is 18.2 Å². The van der Waals surface area contributed by atoms with Crippen molar-refractivity contribution in [3.63, 3.8) is 0 Å². The Morgan fingerprint density at radius 3 is 3.18 bits per heavy atom. The molecule has 0 radical (unpaired) electrons. The molecule has 0 aromatic heterocycles. The smallest absolute Gasteiger partial charge is 0.339 e. The summed E-state index contributed by atoms with van der Waals surface area (Å²) in [5.41, 5.74) is 1.80. The van der Waals surface area contributed by atoms with E-state index in [0.717, 1.165) is 24.2 Å². The van der Waals surface area contributed by atoms with E-state index in [0.29, 0.717) is 12.2 Å². The van der Waals surface area contributed by atoms with E-state index < -0.39 is 12.1 Å². The summed E-state index contributed by atoms with van der Waals surface area (Å²) in [5.74, 6) is 0.544. The Labute approximate surface area is 105 Å². The summed E-state index contributed by atoms with van der Waals surface area (Å²) in [5, 5.41) is 9.99. The Morgan fingerprint density at radius 2 is 2.41 bits per heavy atom. The van der Waals surface area contributed by atoms with Crippen LogP contribution in [0.2, 0.25) is 0 Å². The predicted molar refractivity (Wildman–Crippen MR) is 67.1 cm³/mol. The normalized spacial score (nSPS) is 16.1. The van der Waals surface area contributed by atoms with E-state index in [-0.39, 0.29) is 0 Å². The molecule has 3 nitrogen and oxygen atoms in total.